The van der Waals surface area contributed by atoms with Crippen molar-refractivity contribution < 1.29 is 9.84 Å². The lowest BCUT2D eigenvalue weighted by Crippen LogP contribution is -2.45. The Kier molecular flexibility index (Phi) is 10.1. The van der Waals surface area contributed by atoms with Crippen LogP contribution >= 0.6 is 11.8 Å². The molecule has 4 heterocycles. The van der Waals surface area contributed by atoms with E-state index in [0.29, 0.717) is 5.76 Å². The molecule has 0 fully saturated rings. The number of aliphatic hydroxyl groups excluding tert-OH is 1. The Labute approximate surface area is 439 Å². The number of aliphatic imine (C=N–C) groups is 3. The number of rotatable bonds is 6. The second-order valence-electron chi connectivity index (χ2n) is 20.5. The number of hydrogen-bond acceptors (Lipinski definition) is 11. The summed E-state index contributed by atoms with van der Waals surface area (Å²) >= 11 is 1.87. The number of guanidine groups is 2. The van der Waals surface area contributed by atoms with Gasteiger partial charge in [0.15, 0.2) is 0 Å². The molecule has 4 N–H and O–H groups in total. The van der Waals surface area contributed by atoms with Gasteiger partial charge in [0.25, 0.3) is 0 Å². The molecule has 4 aliphatic heterocycles. The van der Waals surface area contributed by atoms with Crippen molar-refractivity contribution in [2.24, 2.45) is 32.7 Å². The lowest BCUT2D eigenvalue weighted by molar-refractivity contribution is 0.0407. The molecule has 0 amide bonds. The molecule has 9 aliphatic rings. The Balaban J connectivity index is 0.747. The molecule has 6 aromatic carbocycles. The highest BCUT2D eigenvalue weighted by Crippen LogP contribution is 2.55. The predicted octanol–water partition coefficient (Wildman–Crippen LogP) is 14.9. The summed E-state index contributed by atoms with van der Waals surface area (Å²) in [5.74, 6) is 2.34. The summed E-state index contributed by atoms with van der Waals surface area (Å²) in [6.45, 7) is 4.37. The quantitative estimate of drug-likeness (QED) is 0.131. The van der Waals surface area contributed by atoms with E-state index in [9.17, 15) is 5.11 Å². The molecule has 6 aromatic rings. The van der Waals surface area contributed by atoms with Crippen molar-refractivity contribution >= 4 is 90.8 Å². The van der Waals surface area contributed by atoms with Gasteiger partial charge in [0.2, 0.25) is 11.9 Å². The molecule has 366 valence electrons. The van der Waals surface area contributed by atoms with Crippen molar-refractivity contribution in [2.45, 2.75) is 50.5 Å². The van der Waals surface area contributed by atoms with Crippen LogP contribution in [-0.2, 0) is 4.74 Å². The number of hydrogen-bond donors (Lipinski definition) is 4. The topological polar surface area (TPSA) is 109 Å². The summed E-state index contributed by atoms with van der Waals surface area (Å²) in [5, 5.41) is 27.9. The number of aryl methyl sites for hydroxylation is 1. The molecule has 11 heteroatoms. The number of nitrogens with zero attached hydrogens (tertiary/aromatic N) is 5. The fourth-order valence-corrected chi connectivity index (χ4v) is 14.0. The fraction of sp³-hybridized carbons (Fsp3) is 0.172. The number of para-hydroxylation sites is 2. The molecule has 0 bridgehead atoms. The predicted molar refractivity (Wildman–Crippen MR) is 308 cm³/mol. The standard InChI is InChI=1S/C64H52N8O2S/c1-35-15-4-6-23-49(35)71(50-24-7-5-16-36(50)2)63-67-44-21-13-18-38-41(30-33-47(69-63)56(38)44)59-60(73)58(61(59)74-3)40-29-32-46-55-37(40)17-12-20-43(55)65-62(66-46)42-31-34-48-57-39(42)19-14-22-45(57)68-64(70-48)72-51-25-8-10-27-53(51)75-54-28-11-9-26-52(54)72/h4,6-10,12-15,17-27,29-34,37,40,58,61,73H,5,11,16,28H2,1-3H3,(H,65,66)(H,67,69)(H,68,70). The number of thioether (sulfide) groups is 1. The molecule has 0 aromatic heterocycles. The maximum Gasteiger partial charge on any atom is 0.213 e. The van der Waals surface area contributed by atoms with Crippen LogP contribution in [0.25, 0.3) is 27.1 Å². The Bertz CT molecular complexity index is 3970. The molecule has 5 aliphatic carbocycles. The van der Waals surface area contributed by atoms with Gasteiger partial charge in [-0.25, -0.2) is 15.0 Å². The number of nitrogens with one attached hydrogen (secondary N) is 3. The summed E-state index contributed by atoms with van der Waals surface area (Å²) in [5.41, 5.74) is 16.7. The number of aliphatic hydroxyl groups is 1. The van der Waals surface area contributed by atoms with Crippen molar-refractivity contribution in [1.29, 1.82) is 0 Å². The van der Waals surface area contributed by atoms with E-state index in [1.165, 1.54) is 26.6 Å². The van der Waals surface area contributed by atoms with Gasteiger partial charge in [-0.15, -0.1) is 0 Å². The van der Waals surface area contributed by atoms with Gasteiger partial charge in [0.05, 0.1) is 57.5 Å². The SMILES string of the molecule is COC1C(c2ccc3c4c(cccc24)N=C(N(C2=C(C)CCC=C2)c2ccccc2C)N3)=C(O)C1C1C=CC2=C3C(=CC=CC31)NC(c1ccc3c4c(cccc14)N=C(N1C4=C(CCC=C4)Sc4ccccc41)N3)=N2. The first-order valence-corrected chi connectivity index (χ1v) is 26.9. The van der Waals surface area contributed by atoms with E-state index in [2.05, 4.69) is 203 Å². The zero-order chi connectivity index (χ0) is 50.1. The molecular formula is C64H52N8O2S. The van der Waals surface area contributed by atoms with Gasteiger partial charge in [0, 0.05) is 67.6 Å². The average molecular weight is 997 g/mol. The monoisotopic (exact) mass is 996 g/mol. The zero-order valence-electron chi connectivity index (χ0n) is 41.7. The number of ether oxygens (including phenoxy) is 1. The first kappa shape index (κ1) is 44.1. The average Bonchev–Trinajstić information content (AvgIpc) is 3.48. The molecule has 0 spiro atoms. The van der Waals surface area contributed by atoms with E-state index in [1.807, 2.05) is 11.8 Å². The Morgan fingerprint density at radius 3 is 2.32 bits per heavy atom. The van der Waals surface area contributed by atoms with Gasteiger partial charge in [-0.1, -0.05) is 103 Å². The van der Waals surface area contributed by atoms with Crippen LogP contribution in [0.4, 0.5) is 34.1 Å². The molecule has 0 saturated carbocycles. The minimum atomic E-state index is -0.340. The summed E-state index contributed by atoms with van der Waals surface area (Å²) in [4.78, 5) is 23.2. The van der Waals surface area contributed by atoms with E-state index in [-0.39, 0.29) is 23.9 Å². The van der Waals surface area contributed by atoms with E-state index >= 15 is 0 Å². The summed E-state index contributed by atoms with van der Waals surface area (Å²) in [6.07, 6.45) is 23.7. The highest BCUT2D eigenvalue weighted by molar-refractivity contribution is 8.03. The molecule has 0 radical (unpaired) electrons. The second-order valence-corrected chi connectivity index (χ2v) is 21.7. The van der Waals surface area contributed by atoms with Gasteiger partial charge in [-0.05, 0) is 140 Å². The summed E-state index contributed by atoms with van der Waals surface area (Å²) in [7, 11) is 1.76. The number of methoxy groups -OCH3 is 1. The lowest BCUT2D eigenvalue weighted by Gasteiger charge is -2.46. The first-order chi connectivity index (χ1) is 36.9. The third kappa shape index (κ3) is 6.73. The van der Waals surface area contributed by atoms with E-state index < -0.39 is 0 Å². The van der Waals surface area contributed by atoms with Crippen LogP contribution in [0.1, 0.15) is 49.3 Å². The van der Waals surface area contributed by atoms with Gasteiger partial charge in [-0.2, -0.15) is 0 Å². The number of allylic oxidation sites excluding steroid dienone is 12. The molecular weight excluding hydrogens is 945 g/mol. The maximum atomic E-state index is 12.4. The second kappa shape index (κ2) is 17.1. The van der Waals surface area contributed by atoms with Crippen molar-refractivity contribution in [2.75, 3.05) is 27.5 Å². The van der Waals surface area contributed by atoms with Crippen molar-refractivity contribution in [3.63, 3.8) is 0 Å². The highest BCUT2D eigenvalue weighted by Gasteiger charge is 2.50. The third-order valence-electron chi connectivity index (χ3n) is 16.4. The van der Waals surface area contributed by atoms with Crippen LogP contribution in [0, 0.1) is 24.7 Å². The fourth-order valence-electron chi connectivity index (χ4n) is 12.8. The van der Waals surface area contributed by atoms with Gasteiger partial charge < -0.3 is 25.8 Å². The number of amidine groups is 1. The number of anilines is 4. The number of fused-ring (bicyclic) bond motifs is 1. The molecule has 10 nitrogen and oxygen atoms in total. The van der Waals surface area contributed by atoms with Crippen molar-refractivity contribution in [3.05, 3.63) is 225 Å². The Morgan fingerprint density at radius 1 is 0.720 bits per heavy atom. The molecule has 15 rings (SSSR count). The minimum Gasteiger partial charge on any atom is -0.511 e. The summed E-state index contributed by atoms with van der Waals surface area (Å²) in [6, 6.07) is 38.4. The molecule has 0 saturated heterocycles. The zero-order valence-corrected chi connectivity index (χ0v) is 42.5. The van der Waals surface area contributed by atoms with Crippen LogP contribution in [0.3, 0.4) is 0 Å². The third-order valence-corrected chi connectivity index (χ3v) is 17.6. The van der Waals surface area contributed by atoms with Gasteiger partial charge in [-0.3, -0.25) is 9.80 Å². The van der Waals surface area contributed by atoms with E-state index in [4.69, 9.17) is 19.7 Å². The molecule has 4 atom stereocenters. The highest BCUT2D eigenvalue weighted by atomic mass is 32.2. The van der Waals surface area contributed by atoms with Crippen molar-refractivity contribution in [1.82, 2.24) is 5.32 Å². The van der Waals surface area contributed by atoms with Crippen LogP contribution in [0.5, 0.6) is 0 Å². The van der Waals surface area contributed by atoms with Crippen LogP contribution in [-0.4, -0.2) is 36.1 Å². The van der Waals surface area contributed by atoms with Gasteiger partial charge >= 0.3 is 0 Å². The van der Waals surface area contributed by atoms with Crippen LogP contribution in [0.2, 0.25) is 0 Å². The van der Waals surface area contributed by atoms with Crippen LogP contribution in [0.15, 0.2) is 228 Å². The van der Waals surface area contributed by atoms with Gasteiger partial charge in [0.1, 0.15) is 11.6 Å². The van der Waals surface area contributed by atoms with E-state index in [1.54, 1.807) is 7.11 Å². The molecule has 75 heavy (non-hydrogen) atoms. The Hall–Kier alpha value is -8.38. The maximum absolute atomic E-state index is 12.4. The smallest absolute Gasteiger partial charge is 0.213 e. The minimum absolute atomic E-state index is 0.0300. The normalized spacial score (nSPS) is 22.6. The lowest BCUT2D eigenvalue weighted by atomic mass is 9.62. The van der Waals surface area contributed by atoms with E-state index in [0.717, 1.165) is 138 Å². The first-order valence-electron chi connectivity index (χ1n) is 26.1. The Morgan fingerprint density at radius 2 is 1.48 bits per heavy atom. The largest absolute Gasteiger partial charge is 0.511 e. The molecule has 4 unspecified atom stereocenters. The number of benzene rings is 6. The van der Waals surface area contributed by atoms with Crippen LogP contribution < -0.4 is 25.8 Å². The van der Waals surface area contributed by atoms with Crippen molar-refractivity contribution in [3.8, 4) is 0 Å². The summed E-state index contributed by atoms with van der Waals surface area (Å²) < 4.78 is 6.39.